The first-order chi connectivity index (χ1) is 7.15. The Bertz CT molecular complexity index is 236. The van der Waals surface area contributed by atoms with Crippen LogP contribution >= 0.6 is 0 Å². The summed E-state index contributed by atoms with van der Waals surface area (Å²) in [6.45, 7) is 1.03. The third kappa shape index (κ3) is 3.51. The van der Waals surface area contributed by atoms with Gasteiger partial charge in [0.15, 0.2) is 0 Å². The normalized spacial score (nSPS) is 20.0. The van der Waals surface area contributed by atoms with Crippen LogP contribution < -0.4 is 0 Å². The van der Waals surface area contributed by atoms with Crippen molar-refractivity contribution in [2.75, 3.05) is 27.3 Å². The van der Waals surface area contributed by atoms with Crippen LogP contribution in [0.15, 0.2) is 0 Å². The van der Waals surface area contributed by atoms with E-state index in [1.807, 2.05) is 0 Å². The average Bonchev–Trinajstić information content (AvgIpc) is 2.77. The largest absolute Gasteiger partial charge is 0.469 e. The van der Waals surface area contributed by atoms with Gasteiger partial charge in [-0.3, -0.25) is 9.59 Å². The molecule has 0 saturated carbocycles. The van der Waals surface area contributed by atoms with Gasteiger partial charge in [0.05, 0.1) is 13.5 Å². The number of likely N-dealkylation sites (N-methyl/N-ethyl adjacent to an activating group) is 1. The van der Waals surface area contributed by atoms with Gasteiger partial charge in [-0.05, 0) is 12.8 Å². The lowest BCUT2D eigenvalue weighted by Crippen LogP contribution is -2.37. The quantitative estimate of drug-likeness (QED) is 0.628. The van der Waals surface area contributed by atoms with E-state index in [1.165, 1.54) is 12.0 Å². The number of amides is 1. The molecule has 1 aliphatic rings. The van der Waals surface area contributed by atoms with Gasteiger partial charge < -0.3 is 14.4 Å². The van der Waals surface area contributed by atoms with Crippen molar-refractivity contribution in [3.63, 3.8) is 0 Å². The Labute approximate surface area is 89.3 Å². The van der Waals surface area contributed by atoms with Gasteiger partial charge in [0, 0.05) is 20.2 Å². The van der Waals surface area contributed by atoms with Crippen LogP contribution in [0.2, 0.25) is 0 Å². The number of hydrogen-bond acceptors (Lipinski definition) is 4. The molecule has 0 spiro atoms. The van der Waals surface area contributed by atoms with Crippen molar-refractivity contribution in [1.82, 2.24) is 4.90 Å². The van der Waals surface area contributed by atoms with E-state index in [0.717, 1.165) is 12.8 Å². The summed E-state index contributed by atoms with van der Waals surface area (Å²) in [6.07, 6.45) is 1.63. The summed E-state index contributed by atoms with van der Waals surface area (Å²) in [4.78, 5) is 24.1. The molecular formula is C10H17NO4. The summed E-state index contributed by atoms with van der Waals surface area (Å²) < 4.78 is 9.76. The summed E-state index contributed by atoms with van der Waals surface area (Å²) in [6, 6.07) is 0. The molecule has 1 rings (SSSR count). The molecule has 1 heterocycles. The number of carbonyl (C=O) groups is 2. The molecule has 0 radical (unpaired) electrons. The molecule has 0 unspecified atom stereocenters. The molecule has 0 bridgehead atoms. The fraction of sp³-hybridized carbons (Fsp3) is 0.800. The van der Waals surface area contributed by atoms with Crippen molar-refractivity contribution in [3.05, 3.63) is 0 Å². The molecular weight excluding hydrogens is 198 g/mol. The first-order valence-corrected chi connectivity index (χ1v) is 5.08. The molecule has 0 N–H and O–H groups in total. The van der Waals surface area contributed by atoms with Crippen LogP contribution in [0.25, 0.3) is 0 Å². The fourth-order valence-corrected chi connectivity index (χ4v) is 1.49. The molecule has 0 aromatic rings. The zero-order valence-corrected chi connectivity index (χ0v) is 9.19. The van der Waals surface area contributed by atoms with E-state index in [-0.39, 0.29) is 24.4 Å². The number of rotatable bonds is 4. The van der Waals surface area contributed by atoms with Gasteiger partial charge in [0.25, 0.3) is 5.91 Å². The maximum atomic E-state index is 11.7. The smallest absolute Gasteiger partial charge is 0.307 e. The highest BCUT2D eigenvalue weighted by molar-refractivity contribution is 5.81. The first kappa shape index (κ1) is 12.0. The summed E-state index contributed by atoms with van der Waals surface area (Å²) in [7, 11) is 3.01. The van der Waals surface area contributed by atoms with Gasteiger partial charge in [0.1, 0.15) is 6.10 Å². The van der Waals surface area contributed by atoms with E-state index in [0.29, 0.717) is 13.2 Å². The average molecular weight is 215 g/mol. The molecule has 0 aromatic heterocycles. The molecule has 1 atom stereocenters. The number of carbonyl (C=O) groups excluding carboxylic acids is 2. The number of hydrogen-bond donors (Lipinski definition) is 0. The molecule has 1 aliphatic heterocycles. The highest BCUT2D eigenvalue weighted by atomic mass is 16.5. The van der Waals surface area contributed by atoms with Gasteiger partial charge in [-0.15, -0.1) is 0 Å². The van der Waals surface area contributed by atoms with Crippen molar-refractivity contribution in [2.45, 2.75) is 25.4 Å². The molecule has 1 amide bonds. The van der Waals surface area contributed by atoms with Gasteiger partial charge in [-0.2, -0.15) is 0 Å². The Hall–Kier alpha value is -1.10. The lowest BCUT2D eigenvalue weighted by Gasteiger charge is -2.19. The van der Waals surface area contributed by atoms with Crippen molar-refractivity contribution >= 4 is 11.9 Å². The fourth-order valence-electron chi connectivity index (χ4n) is 1.49. The van der Waals surface area contributed by atoms with Crippen LogP contribution in [-0.4, -0.2) is 50.2 Å². The zero-order chi connectivity index (χ0) is 11.3. The number of esters is 1. The lowest BCUT2D eigenvalue weighted by molar-refractivity contribution is -0.143. The minimum atomic E-state index is -0.312. The maximum absolute atomic E-state index is 11.7. The van der Waals surface area contributed by atoms with Crippen LogP contribution in [0.1, 0.15) is 19.3 Å². The minimum Gasteiger partial charge on any atom is -0.469 e. The third-order valence-electron chi connectivity index (χ3n) is 2.46. The molecule has 1 saturated heterocycles. The van der Waals surface area contributed by atoms with Gasteiger partial charge in [-0.25, -0.2) is 0 Å². The Balaban J connectivity index is 2.29. The van der Waals surface area contributed by atoms with Gasteiger partial charge >= 0.3 is 5.97 Å². The number of ether oxygens (including phenoxy) is 2. The molecule has 0 aliphatic carbocycles. The van der Waals surface area contributed by atoms with Crippen molar-refractivity contribution in [1.29, 1.82) is 0 Å². The molecule has 1 fully saturated rings. The monoisotopic (exact) mass is 215 g/mol. The van der Waals surface area contributed by atoms with Crippen LogP contribution in [0.4, 0.5) is 0 Å². The molecule has 5 heteroatoms. The second-order valence-electron chi connectivity index (χ2n) is 3.59. The first-order valence-electron chi connectivity index (χ1n) is 5.08. The summed E-state index contributed by atoms with van der Waals surface area (Å²) in [5.74, 6) is -0.349. The van der Waals surface area contributed by atoms with Crippen LogP contribution in [0.5, 0.6) is 0 Å². The second kappa shape index (κ2) is 5.70. The molecule has 15 heavy (non-hydrogen) atoms. The summed E-state index contributed by atoms with van der Waals surface area (Å²) >= 11 is 0. The minimum absolute atomic E-state index is 0.0450. The van der Waals surface area contributed by atoms with Crippen molar-refractivity contribution in [3.8, 4) is 0 Å². The van der Waals surface area contributed by atoms with Crippen LogP contribution in [0.3, 0.4) is 0 Å². The zero-order valence-electron chi connectivity index (χ0n) is 9.19. The summed E-state index contributed by atoms with van der Waals surface area (Å²) in [5.41, 5.74) is 0. The predicted octanol–water partition coefficient (Wildman–Crippen LogP) is 0.187. The highest BCUT2D eigenvalue weighted by Crippen LogP contribution is 2.14. The number of methoxy groups -OCH3 is 1. The highest BCUT2D eigenvalue weighted by Gasteiger charge is 2.26. The Morgan fingerprint density at radius 3 is 2.80 bits per heavy atom. The van der Waals surface area contributed by atoms with Gasteiger partial charge in [-0.1, -0.05) is 0 Å². The number of nitrogens with zero attached hydrogens (tertiary/aromatic N) is 1. The molecule has 86 valence electrons. The van der Waals surface area contributed by atoms with Gasteiger partial charge in [0.2, 0.25) is 0 Å². The van der Waals surface area contributed by atoms with E-state index >= 15 is 0 Å². The SMILES string of the molecule is COC(=O)CCN(C)C(=O)[C@@H]1CCCO1. The van der Waals surface area contributed by atoms with Crippen molar-refractivity contribution in [2.24, 2.45) is 0 Å². The molecule has 0 aromatic carbocycles. The lowest BCUT2D eigenvalue weighted by atomic mass is 10.2. The second-order valence-corrected chi connectivity index (χ2v) is 3.59. The van der Waals surface area contributed by atoms with E-state index in [1.54, 1.807) is 7.05 Å². The standard InChI is InChI=1S/C10H17NO4/c1-11(6-5-9(12)14-2)10(13)8-4-3-7-15-8/h8H,3-7H2,1-2H3/t8-/m0/s1. The Morgan fingerprint density at radius 1 is 1.53 bits per heavy atom. The summed E-state index contributed by atoms with van der Waals surface area (Å²) in [5, 5.41) is 0. The van der Waals surface area contributed by atoms with E-state index in [4.69, 9.17) is 4.74 Å². The van der Waals surface area contributed by atoms with E-state index in [2.05, 4.69) is 4.74 Å². The maximum Gasteiger partial charge on any atom is 0.307 e. The van der Waals surface area contributed by atoms with Crippen molar-refractivity contribution < 1.29 is 19.1 Å². The van der Waals surface area contributed by atoms with Crippen LogP contribution in [0, 0.1) is 0 Å². The third-order valence-corrected chi connectivity index (χ3v) is 2.46. The topological polar surface area (TPSA) is 55.8 Å². The predicted molar refractivity (Wildman–Crippen MR) is 53.2 cm³/mol. The Kier molecular flexibility index (Phi) is 4.55. The Morgan fingerprint density at radius 2 is 2.27 bits per heavy atom. The van der Waals surface area contributed by atoms with E-state index in [9.17, 15) is 9.59 Å². The van der Waals surface area contributed by atoms with E-state index < -0.39 is 0 Å². The van der Waals surface area contributed by atoms with Crippen LogP contribution in [-0.2, 0) is 19.1 Å². The molecule has 5 nitrogen and oxygen atoms in total.